The molecule has 0 aromatic carbocycles. The van der Waals surface area contributed by atoms with Crippen molar-refractivity contribution in [2.24, 2.45) is 0 Å². The van der Waals surface area contributed by atoms with Crippen LogP contribution in [0.15, 0.2) is 0 Å². The zero-order valence-electron chi connectivity index (χ0n) is 7.56. The van der Waals surface area contributed by atoms with E-state index in [1.54, 1.807) is 14.2 Å². The molecule has 0 N–H and O–H groups in total. The van der Waals surface area contributed by atoms with Crippen LogP contribution in [0.4, 0.5) is 0 Å². The normalized spacial score (nSPS) is 31.8. The van der Waals surface area contributed by atoms with Gasteiger partial charge < -0.3 is 0 Å². The summed E-state index contributed by atoms with van der Waals surface area (Å²) in [7, 11) is 3.51. The van der Waals surface area contributed by atoms with Crippen molar-refractivity contribution in [1.82, 2.24) is 4.90 Å². The second kappa shape index (κ2) is 5.15. The number of hydrogen-bond donors (Lipinski definition) is 0. The van der Waals surface area contributed by atoms with E-state index in [4.69, 9.17) is 9.47 Å². The molecule has 2 atom stereocenters. The number of likely N-dealkylation sites (tertiary alicyclic amines) is 1. The van der Waals surface area contributed by atoms with Crippen LogP contribution in [0.1, 0.15) is 6.42 Å². The molecule has 0 radical (unpaired) electrons. The van der Waals surface area contributed by atoms with Crippen molar-refractivity contribution in [3.63, 3.8) is 0 Å². The minimum absolute atomic E-state index is 0.309. The van der Waals surface area contributed by atoms with Crippen LogP contribution in [0, 0.1) is 0 Å². The summed E-state index contributed by atoms with van der Waals surface area (Å²) in [4.78, 5) is 4.25. The van der Waals surface area contributed by atoms with E-state index in [1.807, 2.05) is 4.85 Å². The summed E-state index contributed by atoms with van der Waals surface area (Å²) in [5, 5.41) is 0. The van der Waals surface area contributed by atoms with Crippen molar-refractivity contribution in [1.29, 1.82) is 0 Å². The van der Waals surface area contributed by atoms with E-state index in [2.05, 4.69) is 21.9 Å². The predicted octanol–water partition coefficient (Wildman–Crippen LogP) is 0.0286. The van der Waals surface area contributed by atoms with Crippen molar-refractivity contribution in [3.05, 3.63) is 0 Å². The molecule has 3 nitrogen and oxygen atoms in total. The van der Waals surface area contributed by atoms with Gasteiger partial charge in [-0.15, -0.1) is 0 Å². The molecule has 0 bridgehead atoms. The molecule has 0 aromatic heterocycles. The van der Waals surface area contributed by atoms with Crippen molar-refractivity contribution < 1.29 is 26.5 Å². The third kappa shape index (κ3) is 2.68. The SMILES string of the molecule is COC1CC(OC)CN([CH]=[V])C1. The van der Waals surface area contributed by atoms with Gasteiger partial charge in [-0.3, -0.25) is 0 Å². The topological polar surface area (TPSA) is 21.7 Å². The van der Waals surface area contributed by atoms with Crippen LogP contribution in [0.2, 0.25) is 0 Å². The molecule has 0 aliphatic carbocycles. The number of rotatable bonds is 3. The summed E-state index contributed by atoms with van der Waals surface area (Å²) in [5.41, 5.74) is 0. The molecule has 1 fully saturated rings. The number of piperidine rings is 1. The fraction of sp³-hybridized carbons (Fsp3) is 0.875. The van der Waals surface area contributed by atoms with E-state index in [-0.39, 0.29) is 0 Å². The number of hydrogen-bond acceptors (Lipinski definition) is 3. The van der Waals surface area contributed by atoms with E-state index in [0.717, 1.165) is 19.5 Å². The second-order valence-electron chi connectivity index (χ2n) is 3.02. The first-order valence-electron chi connectivity index (χ1n) is 4.07. The van der Waals surface area contributed by atoms with E-state index < -0.39 is 0 Å². The average molecular weight is 208 g/mol. The predicted molar refractivity (Wildman–Crippen MR) is 43.8 cm³/mol. The first-order chi connectivity index (χ1) is 5.80. The molecule has 1 rings (SSSR count). The van der Waals surface area contributed by atoms with Gasteiger partial charge in [0.05, 0.1) is 0 Å². The van der Waals surface area contributed by atoms with Crippen molar-refractivity contribution in [2.45, 2.75) is 18.6 Å². The Morgan fingerprint density at radius 1 is 1.25 bits per heavy atom. The fourth-order valence-corrected chi connectivity index (χ4v) is 1.77. The Morgan fingerprint density at radius 2 is 1.75 bits per heavy atom. The van der Waals surface area contributed by atoms with Gasteiger partial charge in [-0.2, -0.15) is 0 Å². The summed E-state index contributed by atoms with van der Waals surface area (Å²) in [6, 6.07) is 0. The van der Waals surface area contributed by atoms with Crippen LogP contribution >= 0.6 is 0 Å². The van der Waals surface area contributed by atoms with Gasteiger partial charge in [0, 0.05) is 0 Å². The monoisotopic (exact) mass is 208 g/mol. The second-order valence-corrected chi connectivity index (χ2v) is 3.38. The van der Waals surface area contributed by atoms with Gasteiger partial charge >= 0.3 is 82.1 Å². The molecule has 1 aliphatic heterocycles. The Bertz CT molecular complexity index is 142. The van der Waals surface area contributed by atoms with Crippen LogP contribution in [0.3, 0.4) is 0 Å². The van der Waals surface area contributed by atoms with Gasteiger partial charge in [-0.1, -0.05) is 0 Å². The molecule has 12 heavy (non-hydrogen) atoms. The van der Waals surface area contributed by atoms with Gasteiger partial charge in [-0.05, 0) is 0 Å². The van der Waals surface area contributed by atoms with Crippen LogP contribution < -0.4 is 0 Å². The van der Waals surface area contributed by atoms with Crippen molar-refractivity contribution in [3.8, 4) is 0 Å². The molecule has 0 aromatic rings. The molecule has 0 spiro atoms. The Morgan fingerprint density at radius 3 is 2.08 bits per heavy atom. The molecule has 1 saturated heterocycles. The van der Waals surface area contributed by atoms with E-state index >= 15 is 0 Å². The number of methoxy groups -OCH3 is 2. The first-order valence-corrected chi connectivity index (χ1v) is 4.88. The molecule has 1 heterocycles. The van der Waals surface area contributed by atoms with Crippen LogP contribution in [-0.2, 0) is 26.5 Å². The van der Waals surface area contributed by atoms with Crippen LogP contribution in [0.5, 0.6) is 0 Å². The third-order valence-corrected chi connectivity index (χ3v) is 2.74. The van der Waals surface area contributed by atoms with Crippen molar-refractivity contribution >= 4 is 4.85 Å². The van der Waals surface area contributed by atoms with E-state index in [0.29, 0.717) is 12.2 Å². The van der Waals surface area contributed by atoms with Crippen LogP contribution in [0.25, 0.3) is 0 Å². The standard InChI is InChI=1S/C8H15NO2.V/c1-9-5-7(10-2)4-8(6-9)11-3;/h1,7-8H,4-6H2,2-3H3;. The fourth-order valence-electron chi connectivity index (χ4n) is 1.48. The summed E-state index contributed by atoms with van der Waals surface area (Å²) in [6.07, 6.45) is 1.62. The Hall–Kier alpha value is 0.334. The summed E-state index contributed by atoms with van der Waals surface area (Å²) in [5.74, 6) is 0. The van der Waals surface area contributed by atoms with E-state index in [1.165, 1.54) is 0 Å². The number of nitrogens with zero attached hydrogens (tertiary/aromatic N) is 1. The summed E-state index contributed by atoms with van der Waals surface area (Å²) in [6.45, 7) is 1.95. The molecule has 69 valence electrons. The van der Waals surface area contributed by atoms with Gasteiger partial charge in [0.15, 0.2) is 0 Å². The maximum absolute atomic E-state index is 5.31. The van der Waals surface area contributed by atoms with E-state index in [9.17, 15) is 0 Å². The zero-order valence-corrected chi connectivity index (χ0v) is 8.96. The van der Waals surface area contributed by atoms with Gasteiger partial charge in [0.1, 0.15) is 0 Å². The maximum atomic E-state index is 5.31. The zero-order chi connectivity index (χ0) is 8.97. The van der Waals surface area contributed by atoms with Crippen molar-refractivity contribution in [2.75, 3.05) is 27.3 Å². The summed E-state index contributed by atoms with van der Waals surface area (Å²) < 4.78 is 10.6. The molecule has 4 heteroatoms. The molecule has 1 aliphatic rings. The molecule has 0 amide bonds. The molecule has 2 unspecified atom stereocenters. The number of ether oxygens (including phenoxy) is 2. The quantitative estimate of drug-likeness (QED) is 0.653. The van der Waals surface area contributed by atoms with Gasteiger partial charge in [0.25, 0.3) is 0 Å². The van der Waals surface area contributed by atoms with Crippen LogP contribution in [-0.4, -0.2) is 49.3 Å². The van der Waals surface area contributed by atoms with Gasteiger partial charge in [0.2, 0.25) is 0 Å². The summed E-state index contributed by atoms with van der Waals surface area (Å²) >= 11 is 2.47. The average Bonchev–Trinajstić information content (AvgIpc) is 2.16. The minimum atomic E-state index is 0.309. The molecular weight excluding hydrogens is 193 g/mol. The Labute approximate surface area is 82.5 Å². The molecular formula is C8H15NO2V. The Balaban J connectivity index is 2.46. The molecule has 0 saturated carbocycles. The third-order valence-electron chi connectivity index (χ3n) is 2.23. The van der Waals surface area contributed by atoms with Gasteiger partial charge in [-0.25, -0.2) is 0 Å². The Kier molecular flexibility index (Phi) is 4.47. The first kappa shape index (κ1) is 10.4.